The first-order chi connectivity index (χ1) is 21.2. The van der Waals surface area contributed by atoms with Crippen LogP contribution in [0.3, 0.4) is 0 Å². The number of carbonyl (C=O) groups is 3. The third kappa shape index (κ3) is 4.74. The Morgan fingerprint density at radius 2 is 1.91 bits per heavy atom. The summed E-state index contributed by atoms with van der Waals surface area (Å²) >= 11 is 5.94. The van der Waals surface area contributed by atoms with Crippen LogP contribution in [0.5, 0.6) is 11.5 Å². The summed E-state index contributed by atoms with van der Waals surface area (Å²) in [5.41, 5.74) is -1.03. The van der Waals surface area contributed by atoms with Gasteiger partial charge in [-0.2, -0.15) is 0 Å². The van der Waals surface area contributed by atoms with Crippen molar-refractivity contribution in [3.8, 4) is 11.5 Å². The molecule has 9 nitrogen and oxygen atoms in total. The number of nitrogens with zero attached hydrogens (tertiary/aromatic N) is 1. The number of likely N-dealkylation sites (tertiary alicyclic amines) is 1. The maximum Gasteiger partial charge on any atom is 0.246 e. The second-order valence-electron chi connectivity index (χ2n) is 12.7. The fraction of sp³-hybridized carbons (Fsp3) is 0.485. The molecule has 232 valence electrons. The fourth-order valence-electron chi connectivity index (χ4n) is 7.68. The number of nitrogens with one attached hydrogen (secondary N) is 2. The number of halogens is 2. The Bertz CT molecular complexity index is 1540. The number of hydrogen-bond donors (Lipinski definition) is 2. The molecule has 2 bridgehead atoms. The molecule has 2 aromatic rings. The first kappa shape index (κ1) is 29.1. The van der Waals surface area contributed by atoms with E-state index in [1.807, 2.05) is 18.2 Å². The molecule has 2 aromatic carbocycles. The molecule has 4 heterocycles. The standard InChI is InChI=1S/C33H35ClFN3O6/c1-17-6-5-7-23(18(17)2)37-31(40)29-33-13-12-26(44-33)27(30(39)36-19-10-11-22(35)21(34)14-19)28(33)32(41)38(29)15-20-16-42-24-8-3-4-9-25(24)43-20/h3-4,8-14,17-18,20,23,26-29H,5-7,15-16H2,1-2H3,(H,36,39)(H,37,40)/t17-,18+,20-,23+,26-,27-,28-,29+,33+/m1/s1. The van der Waals surface area contributed by atoms with Crippen LogP contribution in [0.15, 0.2) is 54.6 Å². The van der Waals surface area contributed by atoms with E-state index in [1.165, 1.54) is 17.0 Å². The summed E-state index contributed by atoms with van der Waals surface area (Å²) in [6.07, 6.45) is 5.28. The van der Waals surface area contributed by atoms with E-state index in [1.54, 1.807) is 18.2 Å². The van der Waals surface area contributed by atoms with Crippen molar-refractivity contribution in [3.63, 3.8) is 0 Å². The molecule has 0 radical (unpaired) electrons. The van der Waals surface area contributed by atoms with Gasteiger partial charge < -0.3 is 29.7 Å². The minimum Gasteiger partial charge on any atom is -0.486 e. The summed E-state index contributed by atoms with van der Waals surface area (Å²) in [5, 5.41) is 5.90. The third-order valence-corrected chi connectivity index (χ3v) is 10.4. The summed E-state index contributed by atoms with van der Waals surface area (Å²) < 4.78 is 32.3. The minimum absolute atomic E-state index is 0.0373. The number of carbonyl (C=O) groups excluding carboxylic acids is 3. The first-order valence-electron chi connectivity index (χ1n) is 15.3. The number of amides is 3. The van der Waals surface area contributed by atoms with Gasteiger partial charge in [0.05, 0.1) is 29.5 Å². The number of benzene rings is 2. The van der Waals surface area contributed by atoms with Crippen LogP contribution in [0.1, 0.15) is 33.1 Å². The highest BCUT2D eigenvalue weighted by Gasteiger charge is 2.73. The van der Waals surface area contributed by atoms with Crippen LogP contribution in [0, 0.1) is 29.5 Å². The second-order valence-corrected chi connectivity index (χ2v) is 13.1. The average molecular weight is 624 g/mol. The SMILES string of the molecule is C[C@H]1[C@H](C)CCC[C@@H]1NC(=O)[C@@H]1N(C[C@@H]2COc3ccccc3O2)C(=O)[C@H]2[C@H](C(=O)Nc3ccc(F)c(Cl)c3)[C@H]3C=C[C@@]12O3. The zero-order valence-electron chi connectivity index (χ0n) is 24.5. The van der Waals surface area contributed by atoms with Crippen molar-refractivity contribution in [2.45, 2.75) is 63.0 Å². The zero-order valence-corrected chi connectivity index (χ0v) is 25.3. The van der Waals surface area contributed by atoms with Crippen molar-refractivity contribution >= 4 is 35.0 Å². The molecule has 2 N–H and O–H groups in total. The predicted octanol–water partition coefficient (Wildman–Crippen LogP) is 4.35. The van der Waals surface area contributed by atoms with E-state index in [0.717, 1.165) is 25.3 Å². The number of ether oxygens (including phenoxy) is 3. The highest BCUT2D eigenvalue weighted by Crippen LogP contribution is 2.55. The molecule has 5 aliphatic rings. The van der Waals surface area contributed by atoms with Gasteiger partial charge in [-0.25, -0.2) is 4.39 Å². The van der Waals surface area contributed by atoms with Crippen LogP contribution >= 0.6 is 11.6 Å². The van der Waals surface area contributed by atoms with Crippen LogP contribution in [-0.2, 0) is 19.1 Å². The van der Waals surface area contributed by atoms with Crippen LogP contribution in [0.2, 0.25) is 5.02 Å². The average Bonchev–Trinajstić information content (AvgIpc) is 3.65. The van der Waals surface area contributed by atoms with Gasteiger partial charge >= 0.3 is 0 Å². The second kappa shape index (κ2) is 11.1. The van der Waals surface area contributed by atoms with Crippen molar-refractivity contribution in [2.24, 2.45) is 23.7 Å². The highest BCUT2D eigenvalue weighted by atomic mass is 35.5. The van der Waals surface area contributed by atoms with Gasteiger partial charge in [0.1, 0.15) is 24.1 Å². The van der Waals surface area contributed by atoms with Crippen LogP contribution < -0.4 is 20.1 Å². The number of rotatable bonds is 6. The van der Waals surface area contributed by atoms with Gasteiger partial charge in [0.2, 0.25) is 17.7 Å². The summed E-state index contributed by atoms with van der Waals surface area (Å²) in [6.45, 7) is 4.61. The topological polar surface area (TPSA) is 106 Å². The Morgan fingerprint density at radius 1 is 1.11 bits per heavy atom. The lowest BCUT2D eigenvalue weighted by Gasteiger charge is -2.38. The fourth-order valence-corrected chi connectivity index (χ4v) is 7.86. The van der Waals surface area contributed by atoms with Crippen LogP contribution in [-0.4, -0.2) is 65.7 Å². The van der Waals surface area contributed by atoms with Gasteiger partial charge in [-0.15, -0.1) is 0 Å². The van der Waals surface area contributed by atoms with Crippen molar-refractivity contribution in [2.75, 3.05) is 18.5 Å². The maximum absolute atomic E-state index is 14.4. The van der Waals surface area contributed by atoms with E-state index in [-0.39, 0.29) is 41.9 Å². The summed E-state index contributed by atoms with van der Waals surface area (Å²) in [7, 11) is 0. The highest BCUT2D eigenvalue weighted by molar-refractivity contribution is 6.31. The quantitative estimate of drug-likeness (QED) is 0.464. The molecule has 11 heteroatoms. The maximum atomic E-state index is 14.4. The van der Waals surface area contributed by atoms with Crippen LogP contribution in [0.4, 0.5) is 10.1 Å². The zero-order chi connectivity index (χ0) is 30.7. The molecule has 0 unspecified atom stereocenters. The third-order valence-electron chi connectivity index (χ3n) is 10.1. The van der Waals surface area contributed by atoms with E-state index in [9.17, 15) is 18.8 Å². The van der Waals surface area contributed by atoms with Gasteiger partial charge in [-0.1, -0.05) is 62.6 Å². The summed E-state index contributed by atoms with van der Waals surface area (Å²) in [4.78, 5) is 43.9. The number of para-hydroxylation sites is 2. The normalized spacial score (nSPS) is 35.0. The molecule has 2 saturated heterocycles. The smallest absolute Gasteiger partial charge is 0.246 e. The molecule has 44 heavy (non-hydrogen) atoms. The van der Waals surface area contributed by atoms with Gasteiger partial charge in [-0.05, 0) is 48.6 Å². The predicted molar refractivity (Wildman–Crippen MR) is 160 cm³/mol. The molecule has 3 amide bonds. The molecule has 9 atom stereocenters. The van der Waals surface area contributed by atoms with Gasteiger partial charge in [0.25, 0.3) is 0 Å². The van der Waals surface area contributed by atoms with Gasteiger partial charge in [0.15, 0.2) is 17.6 Å². The Kier molecular flexibility index (Phi) is 7.32. The number of hydrogen-bond acceptors (Lipinski definition) is 6. The van der Waals surface area contributed by atoms with E-state index in [0.29, 0.717) is 23.1 Å². The molecular formula is C33H35ClFN3O6. The molecular weight excluding hydrogens is 589 g/mol. The lowest BCUT2D eigenvalue weighted by Crippen LogP contribution is -2.59. The van der Waals surface area contributed by atoms with Crippen LogP contribution in [0.25, 0.3) is 0 Å². The Balaban J connectivity index is 1.19. The van der Waals surface area contributed by atoms with Crippen molar-refractivity contribution in [1.82, 2.24) is 10.2 Å². The van der Waals surface area contributed by atoms with Crippen molar-refractivity contribution in [3.05, 3.63) is 65.5 Å². The van der Waals surface area contributed by atoms with E-state index in [4.69, 9.17) is 25.8 Å². The summed E-state index contributed by atoms with van der Waals surface area (Å²) in [5.74, 6) is -1.68. The van der Waals surface area contributed by atoms with Gasteiger partial charge in [0, 0.05) is 11.7 Å². The minimum atomic E-state index is -1.33. The molecule has 1 spiro atoms. The van der Waals surface area contributed by atoms with E-state index < -0.39 is 47.4 Å². The monoisotopic (exact) mass is 623 g/mol. The Morgan fingerprint density at radius 3 is 2.70 bits per heavy atom. The molecule has 1 saturated carbocycles. The summed E-state index contributed by atoms with van der Waals surface area (Å²) in [6, 6.07) is 10.1. The first-order valence-corrected chi connectivity index (χ1v) is 15.7. The van der Waals surface area contributed by atoms with Gasteiger partial charge in [-0.3, -0.25) is 14.4 Å². The van der Waals surface area contributed by atoms with E-state index in [2.05, 4.69) is 24.5 Å². The lowest BCUT2D eigenvalue weighted by atomic mass is 9.73. The Hall–Kier alpha value is -3.63. The number of anilines is 1. The lowest BCUT2D eigenvalue weighted by molar-refractivity contribution is -0.143. The molecule has 1 aliphatic carbocycles. The van der Waals surface area contributed by atoms with Crippen molar-refractivity contribution < 1.29 is 33.0 Å². The Labute approximate surface area is 260 Å². The van der Waals surface area contributed by atoms with Crippen molar-refractivity contribution in [1.29, 1.82) is 0 Å². The van der Waals surface area contributed by atoms with E-state index >= 15 is 0 Å². The molecule has 3 fully saturated rings. The number of fused-ring (bicyclic) bond motifs is 2. The largest absolute Gasteiger partial charge is 0.486 e. The molecule has 4 aliphatic heterocycles. The molecule has 7 rings (SSSR count). The molecule has 0 aromatic heterocycles.